The van der Waals surface area contributed by atoms with Crippen molar-refractivity contribution in [2.24, 2.45) is 0 Å². The number of hydrogen-bond acceptors (Lipinski definition) is 3. The van der Waals surface area contributed by atoms with Crippen molar-refractivity contribution in [3.8, 4) is 0 Å². The predicted octanol–water partition coefficient (Wildman–Crippen LogP) is 2.27. The molecule has 0 bridgehead atoms. The molecule has 0 aliphatic heterocycles. The van der Waals surface area contributed by atoms with Crippen molar-refractivity contribution in [1.82, 2.24) is 0 Å². The number of unbranched alkanes of at least 4 members (excludes halogenated alkanes) is 2. The monoisotopic (exact) mass is 170 g/mol. The van der Waals surface area contributed by atoms with E-state index in [4.69, 9.17) is 8.83 Å². The van der Waals surface area contributed by atoms with Gasteiger partial charge in [0.25, 0.3) is 0 Å². The van der Waals surface area contributed by atoms with Crippen molar-refractivity contribution in [1.29, 1.82) is 0 Å². The van der Waals surface area contributed by atoms with Gasteiger partial charge in [-0.15, -0.1) is 0 Å². The van der Waals surface area contributed by atoms with Crippen LogP contribution >= 0.6 is 0 Å². The Balaban J connectivity index is 2.51. The molecule has 1 aromatic rings. The minimum Gasteiger partial charge on any atom is -0.396 e. The van der Waals surface area contributed by atoms with E-state index < -0.39 is 5.82 Å². The van der Waals surface area contributed by atoms with Crippen LogP contribution in [0, 0.1) is 6.92 Å². The molecule has 0 saturated heterocycles. The maximum atomic E-state index is 10.6. The van der Waals surface area contributed by atoms with E-state index in [0.717, 1.165) is 19.3 Å². The van der Waals surface area contributed by atoms with Crippen molar-refractivity contribution >= 4 is 0 Å². The van der Waals surface area contributed by atoms with Crippen molar-refractivity contribution in [3.63, 3.8) is 0 Å². The molecule has 0 aliphatic rings. The summed E-state index contributed by atoms with van der Waals surface area (Å²) in [5, 5.41) is 0. The minimum absolute atomic E-state index is 0.584. The highest BCUT2D eigenvalue weighted by atomic mass is 16.6. The molecule has 1 rings (SSSR count). The molecule has 0 fully saturated rings. The van der Waals surface area contributed by atoms with Gasteiger partial charge in [0.1, 0.15) is 11.5 Å². The van der Waals surface area contributed by atoms with Gasteiger partial charge < -0.3 is 8.83 Å². The molecule has 0 atom stereocenters. The quantitative estimate of drug-likeness (QED) is 0.651. The van der Waals surface area contributed by atoms with E-state index in [0.29, 0.717) is 11.5 Å². The van der Waals surface area contributed by atoms with Crippen LogP contribution in [0.5, 0.6) is 0 Å². The van der Waals surface area contributed by atoms with Crippen LogP contribution in [-0.2, 0) is 6.42 Å². The van der Waals surface area contributed by atoms with E-state index in [1.807, 2.05) is 0 Å². The lowest BCUT2D eigenvalue weighted by Gasteiger charge is -1.93. The van der Waals surface area contributed by atoms with Gasteiger partial charge >= 0.3 is 5.82 Å². The van der Waals surface area contributed by atoms with Gasteiger partial charge in [-0.2, -0.15) is 0 Å². The summed E-state index contributed by atoms with van der Waals surface area (Å²) in [6.45, 7) is 3.89. The highest BCUT2D eigenvalue weighted by Gasteiger charge is 2.06. The molecule has 3 heteroatoms. The summed E-state index contributed by atoms with van der Waals surface area (Å²) in [5.41, 5.74) is 0. The molecule has 1 aromatic heterocycles. The Labute approximate surface area is 71.4 Å². The molecule has 1 heterocycles. The van der Waals surface area contributed by atoms with E-state index >= 15 is 0 Å². The maximum Gasteiger partial charge on any atom is 0.519 e. The number of rotatable bonds is 4. The van der Waals surface area contributed by atoms with Crippen LogP contribution in [0.15, 0.2) is 13.6 Å². The van der Waals surface area contributed by atoms with Crippen molar-refractivity contribution in [2.45, 2.75) is 39.5 Å². The van der Waals surface area contributed by atoms with Gasteiger partial charge in [-0.05, 0) is 13.3 Å². The van der Waals surface area contributed by atoms with Gasteiger partial charge in [0.05, 0.1) is 0 Å². The third kappa shape index (κ3) is 2.26. The molecule has 68 valence electrons. The Morgan fingerprint density at radius 1 is 1.25 bits per heavy atom. The fourth-order valence-electron chi connectivity index (χ4n) is 1.14. The fourth-order valence-corrected chi connectivity index (χ4v) is 1.14. The molecule has 0 amide bonds. The molecule has 0 saturated carbocycles. The van der Waals surface area contributed by atoms with Gasteiger partial charge in [0.2, 0.25) is 0 Å². The Morgan fingerprint density at radius 2 is 2.00 bits per heavy atom. The van der Waals surface area contributed by atoms with Crippen LogP contribution in [0.2, 0.25) is 0 Å². The molecule has 3 nitrogen and oxygen atoms in total. The lowest BCUT2D eigenvalue weighted by molar-refractivity contribution is 0.368. The smallest absolute Gasteiger partial charge is 0.396 e. The first-order chi connectivity index (χ1) is 5.74. The van der Waals surface area contributed by atoms with Crippen LogP contribution in [0.1, 0.15) is 37.7 Å². The SMILES string of the molecule is CCCCCc1oc(=O)oc1C. The van der Waals surface area contributed by atoms with Crippen LogP contribution in [0.4, 0.5) is 0 Å². The molecule has 0 unspecified atom stereocenters. The zero-order chi connectivity index (χ0) is 8.97. The molecular weight excluding hydrogens is 156 g/mol. The standard InChI is InChI=1S/C9H14O3/c1-3-4-5-6-8-7(2)11-9(10)12-8/h3-6H2,1-2H3. The van der Waals surface area contributed by atoms with Crippen molar-refractivity contribution < 1.29 is 8.83 Å². The highest BCUT2D eigenvalue weighted by Crippen LogP contribution is 2.09. The Hall–Kier alpha value is -0.990. The van der Waals surface area contributed by atoms with Crippen LogP contribution in [-0.4, -0.2) is 0 Å². The summed E-state index contributed by atoms with van der Waals surface area (Å²) in [6, 6.07) is 0. The molecule has 12 heavy (non-hydrogen) atoms. The van der Waals surface area contributed by atoms with E-state index in [9.17, 15) is 4.79 Å². The number of hydrogen-bond donors (Lipinski definition) is 0. The second kappa shape index (κ2) is 4.14. The molecular formula is C9H14O3. The summed E-state index contributed by atoms with van der Waals surface area (Å²) in [4.78, 5) is 10.6. The van der Waals surface area contributed by atoms with Crippen molar-refractivity contribution in [3.05, 3.63) is 22.1 Å². The van der Waals surface area contributed by atoms with Gasteiger partial charge in [0, 0.05) is 6.42 Å². The molecule has 0 aromatic carbocycles. The zero-order valence-corrected chi connectivity index (χ0v) is 7.55. The fraction of sp³-hybridized carbons (Fsp3) is 0.667. The molecule has 0 N–H and O–H groups in total. The Kier molecular flexibility index (Phi) is 3.14. The zero-order valence-electron chi connectivity index (χ0n) is 7.55. The summed E-state index contributed by atoms with van der Waals surface area (Å²) in [6.07, 6.45) is 4.20. The van der Waals surface area contributed by atoms with Gasteiger partial charge in [-0.25, -0.2) is 4.79 Å². The van der Waals surface area contributed by atoms with E-state index in [1.54, 1.807) is 6.92 Å². The summed E-state index contributed by atoms with van der Waals surface area (Å²) in [5.74, 6) is 0.739. The van der Waals surface area contributed by atoms with E-state index in [1.165, 1.54) is 6.42 Å². The second-order valence-corrected chi connectivity index (χ2v) is 2.89. The largest absolute Gasteiger partial charge is 0.519 e. The summed E-state index contributed by atoms with van der Waals surface area (Å²) in [7, 11) is 0. The van der Waals surface area contributed by atoms with Gasteiger partial charge in [-0.1, -0.05) is 19.8 Å². The molecule has 0 aliphatic carbocycles. The first-order valence-electron chi connectivity index (χ1n) is 4.33. The maximum absolute atomic E-state index is 10.6. The second-order valence-electron chi connectivity index (χ2n) is 2.89. The lowest BCUT2D eigenvalue weighted by Crippen LogP contribution is -1.87. The van der Waals surface area contributed by atoms with Crippen LogP contribution < -0.4 is 5.82 Å². The van der Waals surface area contributed by atoms with Crippen LogP contribution in [0.25, 0.3) is 0 Å². The average molecular weight is 170 g/mol. The first-order valence-corrected chi connectivity index (χ1v) is 4.33. The first kappa shape index (κ1) is 9.10. The van der Waals surface area contributed by atoms with E-state index in [-0.39, 0.29) is 0 Å². The van der Waals surface area contributed by atoms with Gasteiger partial charge in [0.15, 0.2) is 0 Å². The Morgan fingerprint density at radius 3 is 2.50 bits per heavy atom. The van der Waals surface area contributed by atoms with E-state index in [2.05, 4.69) is 6.92 Å². The highest BCUT2D eigenvalue weighted by molar-refractivity contribution is 5.00. The van der Waals surface area contributed by atoms with Crippen molar-refractivity contribution in [2.75, 3.05) is 0 Å². The predicted molar refractivity (Wildman–Crippen MR) is 45.2 cm³/mol. The topological polar surface area (TPSA) is 43.4 Å². The normalized spacial score (nSPS) is 10.5. The minimum atomic E-state index is -0.584. The molecule has 0 spiro atoms. The average Bonchev–Trinajstić information content (AvgIpc) is 2.31. The molecule has 0 radical (unpaired) electrons. The van der Waals surface area contributed by atoms with Crippen LogP contribution in [0.3, 0.4) is 0 Å². The summed E-state index contributed by atoms with van der Waals surface area (Å²) >= 11 is 0. The Bertz CT molecular complexity index is 282. The third-order valence-electron chi connectivity index (χ3n) is 1.84. The summed E-state index contributed by atoms with van der Waals surface area (Å²) < 4.78 is 9.56. The van der Waals surface area contributed by atoms with Gasteiger partial charge in [-0.3, -0.25) is 0 Å². The third-order valence-corrected chi connectivity index (χ3v) is 1.84. The lowest BCUT2D eigenvalue weighted by atomic mass is 10.1. The number of aryl methyl sites for hydroxylation is 2.